The van der Waals surface area contributed by atoms with Crippen LogP contribution in [-0.2, 0) is 0 Å². The predicted molar refractivity (Wildman–Crippen MR) is 89.9 cm³/mol. The Morgan fingerprint density at radius 2 is 1.72 bits per heavy atom. The first-order valence-corrected chi connectivity index (χ1v) is 10.3. The van der Waals surface area contributed by atoms with Crippen LogP contribution in [0.1, 0.15) is 52.4 Å². The first-order chi connectivity index (χ1) is 8.68. The monoisotopic (exact) mass is 305 g/mol. The van der Waals surface area contributed by atoms with E-state index in [-0.39, 0.29) is 0 Å². The summed E-state index contributed by atoms with van der Waals surface area (Å²) in [6.07, 6.45) is 8.34. The van der Waals surface area contributed by atoms with Crippen LogP contribution in [-0.4, -0.2) is 32.8 Å². The van der Waals surface area contributed by atoms with Crippen LogP contribution in [0.4, 0.5) is 0 Å². The smallest absolute Gasteiger partial charge is 0.0618 e. The Kier molecular flexibility index (Phi) is 6.11. The summed E-state index contributed by atoms with van der Waals surface area (Å²) in [4.78, 5) is 0.363. The van der Waals surface area contributed by atoms with Gasteiger partial charge in [0.2, 0.25) is 0 Å². The number of hydrogen-bond acceptors (Lipinski definition) is 4. The van der Waals surface area contributed by atoms with Crippen molar-refractivity contribution in [1.82, 2.24) is 5.32 Å². The predicted octanol–water partition coefficient (Wildman–Crippen LogP) is 4.58. The Morgan fingerprint density at radius 3 is 2.33 bits per heavy atom. The SMILES string of the molecule is CCCCCC1(CCC2(C)NCCS2)SCCS1. The van der Waals surface area contributed by atoms with E-state index in [1.54, 1.807) is 0 Å². The molecule has 0 amide bonds. The summed E-state index contributed by atoms with van der Waals surface area (Å²) in [5.74, 6) is 4.03. The van der Waals surface area contributed by atoms with Gasteiger partial charge in [-0.2, -0.15) is 0 Å². The van der Waals surface area contributed by atoms with Crippen molar-refractivity contribution in [2.75, 3.05) is 23.8 Å². The minimum absolute atomic E-state index is 0.363. The zero-order valence-electron chi connectivity index (χ0n) is 11.8. The van der Waals surface area contributed by atoms with Crippen LogP contribution in [0.5, 0.6) is 0 Å². The Balaban J connectivity index is 1.81. The molecule has 1 N–H and O–H groups in total. The largest absolute Gasteiger partial charge is 0.302 e. The van der Waals surface area contributed by atoms with E-state index in [0.29, 0.717) is 8.95 Å². The molecule has 4 heteroatoms. The maximum atomic E-state index is 3.69. The van der Waals surface area contributed by atoms with Crippen molar-refractivity contribution in [2.24, 2.45) is 0 Å². The summed E-state index contributed by atoms with van der Waals surface area (Å²) in [5, 5.41) is 3.69. The van der Waals surface area contributed by atoms with Gasteiger partial charge in [0, 0.05) is 23.8 Å². The standard InChI is InChI=1S/C14H27NS3/c1-3-4-5-6-14(17-11-12-18-14)8-7-13(2)15-9-10-16-13/h15H,3-12H2,1-2H3. The van der Waals surface area contributed by atoms with Gasteiger partial charge in [-0.25, -0.2) is 0 Å². The zero-order valence-corrected chi connectivity index (χ0v) is 14.2. The fourth-order valence-corrected chi connectivity index (χ4v) is 7.21. The highest BCUT2D eigenvalue weighted by molar-refractivity contribution is 8.21. The molecule has 2 aliphatic heterocycles. The van der Waals surface area contributed by atoms with Gasteiger partial charge in [0.1, 0.15) is 0 Å². The summed E-state index contributed by atoms with van der Waals surface area (Å²) in [6.45, 7) is 5.90. The third-order valence-corrected chi connectivity index (χ3v) is 9.02. The third kappa shape index (κ3) is 4.26. The summed E-state index contributed by atoms with van der Waals surface area (Å²) < 4.78 is 0.559. The molecule has 2 aliphatic rings. The average molecular weight is 306 g/mol. The summed E-state index contributed by atoms with van der Waals surface area (Å²) in [7, 11) is 0. The van der Waals surface area contributed by atoms with Gasteiger partial charge in [0.05, 0.1) is 8.95 Å². The molecule has 1 nitrogen and oxygen atoms in total. The molecule has 2 saturated heterocycles. The lowest BCUT2D eigenvalue weighted by molar-refractivity contribution is 0.464. The minimum atomic E-state index is 0.363. The molecule has 0 aromatic rings. The van der Waals surface area contributed by atoms with Crippen LogP contribution in [0.25, 0.3) is 0 Å². The molecular formula is C14H27NS3. The maximum Gasteiger partial charge on any atom is 0.0618 e. The summed E-state index contributed by atoms with van der Waals surface area (Å²) >= 11 is 6.62. The highest BCUT2D eigenvalue weighted by atomic mass is 32.2. The van der Waals surface area contributed by atoms with E-state index < -0.39 is 0 Å². The lowest BCUT2D eigenvalue weighted by Crippen LogP contribution is -2.35. The van der Waals surface area contributed by atoms with Crippen LogP contribution < -0.4 is 5.32 Å². The number of thioether (sulfide) groups is 3. The van der Waals surface area contributed by atoms with Gasteiger partial charge in [0.15, 0.2) is 0 Å². The highest BCUT2D eigenvalue weighted by Gasteiger charge is 2.38. The molecule has 2 heterocycles. The quantitative estimate of drug-likeness (QED) is 0.691. The topological polar surface area (TPSA) is 12.0 Å². The zero-order chi connectivity index (χ0) is 12.9. The third-order valence-electron chi connectivity index (χ3n) is 3.98. The fraction of sp³-hybridized carbons (Fsp3) is 1.00. The molecule has 0 radical (unpaired) electrons. The van der Waals surface area contributed by atoms with E-state index in [1.807, 2.05) is 0 Å². The van der Waals surface area contributed by atoms with E-state index in [1.165, 1.54) is 62.3 Å². The van der Waals surface area contributed by atoms with Crippen molar-refractivity contribution in [3.63, 3.8) is 0 Å². The lowest BCUT2D eigenvalue weighted by Gasteiger charge is -2.32. The second-order valence-electron chi connectivity index (χ2n) is 5.57. The number of nitrogens with one attached hydrogen (secondary N) is 1. The molecule has 106 valence electrons. The van der Waals surface area contributed by atoms with Crippen LogP contribution in [0.2, 0.25) is 0 Å². The Bertz CT molecular complexity index is 245. The average Bonchev–Trinajstić information content (AvgIpc) is 2.98. The first kappa shape index (κ1) is 15.4. The van der Waals surface area contributed by atoms with E-state index >= 15 is 0 Å². The number of rotatable bonds is 7. The molecule has 0 aliphatic carbocycles. The second kappa shape index (κ2) is 7.14. The van der Waals surface area contributed by atoms with Crippen LogP contribution in [0.15, 0.2) is 0 Å². The fourth-order valence-electron chi connectivity index (χ4n) is 2.79. The van der Waals surface area contributed by atoms with Gasteiger partial charge in [-0.3, -0.25) is 0 Å². The maximum absolute atomic E-state index is 3.69. The van der Waals surface area contributed by atoms with E-state index in [2.05, 4.69) is 54.4 Å². The van der Waals surface area contributed by atoms with Crippen LogP contribution in [0, 0.1) is 0 Å². The van der Waals surface area contributed by atoms with Crippen LogP contribution >= 0.6 is 35.3 Å². The molecular weight excluding hydrogens is 278 g/mol. The van der Waals surface area contributed by atoms with E-state index in [0.717, 1.165) is 0 Å². The molecule has 0 aromatic carbocycles. The van der Waals surface area contributed by atoms with Gasteiger partial charge in [0.25, 0.3) is 0 Å². The lowest BCUT2D eigenvalue weighted by atomic mass is 10.0. The van der Waals surface area contributed by atoms with Crippen molar-refractivity contribution in [3.8, 4) is 0 Å². The van der Waals surface area contributed by atoms with Crippen molar-refractivity contribution in [1.29, 1.82) is 0 Å². The molecule has 1 unspecified atom stereocenters. The molecule has 0 spiro atoms. The van der Waals surface area contributed by atoms with Crippen molar-refractivity contribution < 1.29 is 0 Å². The normalized spacial score (nSPS) is 31.0. The van der Waals surface area contributed by atoms with Gasteiger partial charge < -0.3 is 5.32 Å². The minimum Gasteiger partial charge on any atom is -0.302 e. The molecule has 0 saturated carbocycles. The summed E-state index contributed by atoms with van der Waals surface area (Å²) in [6, 6.07) is 0. The Labute approximate surface area is 125 Å². The van der Waals surface area contributed by atoms with Gasteiger partial charge in [-0.05, 0) is 26.2 Å². The molecule has 0 aromatic heterocycles. The van der Waals surface area contributed by atoms with Crippen molar-refractivity contribution >= 4 is 35.3 Å². The number of unbranched alkanes of at least 4 members (excludes halogenated alkanes) is 2. The van der Waals surface area contributed by atoms with E-state index in [4.69, 9.17) is 0 Å². The van der Waals surface area contributed by atoms with Gasteiger partial charge >= 0.3 is 0 Å². The van der Waals surface area contributed by atoms with Crippen molar-refractivity contribution in [2.45, 2.75) is 61.3 Å². The van der Waals surface area contributed by atoms with Gasteiger partial charge in [-0.1, -0.05) is 26.2 Å². The van der Waals surface area contributed by atoms with Gasteiger partial charge in [-0.15, -0.1) is 35.3 Å². The molecule has 18 heavy (non-hydrogen) atoms. The second-order valence-corrected chi connectivity index (χ2v) is 10.4. The van der Waals surface area contributed by atoms with Crippen LogP contribution in [0.3, 0.4) is 0 Å². The highest BCUT2D eigenvalue weighted by Crippen LogP contribution is 2.52. The number of hydrogen-bond donors (Lipinski definition) is 1. The molecule has 0 bridgehead atoms. The Hall–Kier alpha value is 1.01. The molecule has 2 rings (SSSR count). The molecule has 2 fully saturated rings. The van der Waals surface area contributed by atoms with Crippen molar-refractivity contribution in [3.05, 3.63) is 0 Å². The molecule has 1 atom stereocenters. The Morgan fingerprint density at radius 1 is 0.944 bits per heavy atom. The first-order valence-electron chi connectivity index (χ1n) is 7.35. The van der Waals surface area contributed by atoms with E-state index in [9.17, 15) is 0 Å². The summed E-state index contributed by atoms with van der Waals surface area (Å²) in [5.41, 5.74) is 0.